The zero-order valence-corrected chi connectivity index (χ0v) is 10.3. The molecule has 2 nitrogen and oxygen atoms in total. The van der Waals surface area contributed by atoms with Crippen molar-refractivity contribution in [3.8, 4) is 5.75 Å². The topological polar surface area (TPSA) is 21.3 Å². The maximum absolute atomic E-state index is 5.75. The van der Waals surface area contributed by atoms with Crippen molar-refractivity contribution in [2.45, 2.75) is 45.7 Å². The second-order valence-electron chi connectivity index (χ2n) is 4.61. The minimum atomic E-state index is 0.750. The van der Waals surface area contributed by atoms with E-state index in [1.54, 1.807) is 0 Å². The number of nitrogens with one attached hydrogen (secondary N) is 1. The van der Waals surface area contributed by atoms with Crippen LogP contribution in [-0.2, 0) is 6.54 Å². The third kappa shape index (κ3) is 3.24. The van der Waals surface area contributed by atoms with E-state index in [0.717, 1.165) is 31.4 Å². The first-order valence-electron chi connectivity index (χ1n) is 6.25. The first kappa shape index (κ1) is 11.5. The van der Waals surface area contributed by atoms with E-state index >= 15 is 0 Å². The molecule has 1 aromatic carbocycles. The van der Waals surface area contributed by atoms with Gasteiger partial charge in [-0.05, 0) is 32.3 Å². The third-order valence-electron chi connectivity index (χ3n) is 2.84. The van der Waals surface area contributed by atoms with Crippen molar-refractivity contribution in [3.63, 3.8) is 0 Å². The molecule has 0 aromatic heterocycles. The zero-order valence-electron chi connectivity index (χ0n) is 10.3. The molecule has 2 rings (SSSR count). The number of aryl methyl sites for hydroxylation is 1. The van der Waals surface area contributed by atoms with E-state index in [2.05, 4.69) is 37.4 Å². The molecular weight excluding hydrogens is 198 g/mol. The molecule has 88 valence electrons. The van der Waals surface area contributed by atoms with Gasteiger partial charge in [0.05, 0.1) is 6.61 Å². The fourth-order valence-electron chi connectivity index (χ4n) is 1.74. The quantitative estimate of drug-likeness (QED) is 0.794. The van der Waals surface area contributed by atoms with Crippen molar-refractivity contribution in [1.29, 1.82) is 0 Å². The Bertz CT molecular complexity index is 345. The number of ether oxygens (including phenoxy) is 1. The van der Waals surface area contributed by atoms with Crippen LogP contribution < -0.4 is 10.1 Å². The summed E-state index contributed by atoms with van der Waals surface area (Å²) in [7, 11) is 0. The Hall–Kier alpha value is -1.02. The van der Waals surface area contributed by atoms with E-state index in [1.165, 1.54) is 24.0 Å². The fraction of sp³-hybridized carbons (Fsp3) is 0.571. The maximum Gasteiger partial charge on any atom is 0.123 e. The third-order valence-corrected chi connectivity index (χ3v) is 2.84. The monoisotopic (exact) mass is 219 g/mol. The van der Waals surface area contributed by atoms with Crippen molar-refractivity contribution in [2.75, 3.05) is 6.61 Å². The lowest BCUT2D eigenvalue weighted by Crippen LogP contribution is -2.16. The summed E-state index contributed by atoms with van der Waals surface area (Å²) in [6.07, 6.45) is 3.72. The SMILES string of the molecule is CCCOc1ccc(C)cc1CNC1CC1. The normalized spacial score (nSPS) is 15.1. The summed E-state index contributed by atoms with van der Waals surface area (Å²) in [4.78, 5) is 0. The van der Waals surface area contributed by atoms with Gasteiger partial charge in [0.1, 0.15) is 5.75 Å². The highest BCUT2D eigenvalue weighted by Gasteiger charge is 2.20. The molecule has 1 aliphatic carbocycles. The Morgan fingerprint density at radius 3 is 2.88 bits per heavy atom. The second-order valence-corrected chi connectivity index (χ2v) is 4.61. The van der Waals surface area contributed by atoms with Crippen molar-refractivity contribution >= 4 is 0 Å². The molecule has 0 unspecified atom stereocenters. The summed E-state index contributed by atoms with van der Waals surface area (Å²) in [6, 6.07) is 7.18. The molecule has 0 heterocycles. The highest BCUT2D eigenvalue weighted by atomic mass is 16.5. The van der Waals surface area contributed by atoms with Crippen molar-refractivity contribution < 1.29 is 4.74 Å². The number of hydrogen-bond donors (Lipinski definition) is 1. The molecule has 0 saturated heterocycles. The van der Waals surface area contributed by atoms with E-state index in [0.29, 0.717) is 0 Å². The molecule has 0 radical (unpaired) electrons. The molecule has 0 amide bonds. The number of rotatable bonds is 6. The summed E-state index contributed by atoms with van der Waals surface area (Å²) in [5.41, 5.74) is 2.59. The van der Waals surface area contributed by atoms with Gasteiger partial charge >= 0.3 is 0 Å². The summed E-state index contributed by atoms with van der Waals surface area (Å²) < 4.78 is 5.75. The van der Waals surface area contributed by atoms with Gasteiger partial charge in [-0.1, -0.05) is 24.6 Å². The fourth-order valence-corrected chi connectivity index (χ4v) is 1.74. The van der Waals surface area contributed by atoms with Crippen LogP contribution in [0.15, 0.2) is 18.2 Å². The van der Waals surface area contributed by atoms with Crippen LogP contribution in [0.1, 0.15) is 37.3 Å². The van der Waals surface area contributed by atoms with Gasteiger partial charge in [-0.15, -0.1) is 0 Å². The molecule has 1 saturated carbocycles. The molecule has 16 heavy (non-hydrogen) atoms. The van der Waals surface area contributed by atoms with Crippen molar-refractivity contribution in [2.24, 2.45) is 0 Å². The van der Waals surface area contributed by atoms with Gasteiger partial charge in [-0.3, -0.25) is 0 Å². The molecular formula is C14H21NO. The second kappa shape index (κ2) is 5.35. The maximum atomic E-state index is 5.75. The van der Waals surface area contributed by atoms with Gasteiger partial charge in [-0.25, -0.2) is 0 Å². The zero-order chi connectivity index (χ0) is 11.4. The molecule has 0 bridgehead atoms. The Kier molecular flexibility index (Phi) is 3.83. The average Bonchev–Trinajstić information content (AvgIpc) is 3.09. The molecule has 0 aliphatic heterocycles. The molecule has 1 N–H and O–H groups in total. The summed E-state index contributed by atoms with van der Waals surface area (Å²) >= 11 is 0. The Labute approximate surface area is 98.0 Å². The molecule has 2 heteroatoms. The largest absolute Gasteiger partial charge is 0.493 e. The van der Waals surface area contributed by atoms with E-state index < -0.39 is 0 Å². The summed E-state index contributed by atoms with van der Waals surface area (Å²) in [6.45, 7) is 6.01. The van der Waals surface area contributed by atoms with Crippen molar-refractivity contribution in [3.05, 3.63) is 29.3 Å². The lowest BCUT2D eigenvalue weighted by atomic mass is 10.1. The Morgan fingerprint density at radius 2 is 2.19 bits per heavy atom. The van der Waals surface area contributed by atoms with Gasteiger partial charge in [0.15, 0.2) is 0 Å². The lowest BCUT2D eigenvalue weighted by molar-refractivity contribution is 0.313. The van der Waals surface area contributed by atoms with Gasteiger partial charge in [-0.2, -0.15) is 0 Å². The van der Waals surface area contributed by atoms with Crippen LogP contribution in [0.4, 0.5) is 0 Å². The standard InChI is InChI=1S/C14H21NO/c1-3-8-16-14-7-4-11(2)9-12(14)10-15-13-5-6-13/h4,7,9,13,15H,3,5-6,8,10H2,1-2H3. The predicted octanol–water partition coefficient (Wildman–Crippen LogP) is 3.04. The minimum absolute atomic E-state index is 0.750. The minimum Gasteiger partial charge on any atom is -0.493 e. The molecule has 1 aliphatic rings. The summed E-state index contributed by atoms with van der Waals surface area (Å²) in [5.74, 6) is 1.04. The van der Waals surface area contributed by atoms with Crippen LogP contribution >= 0.6 is 0 Å². The first-order chi connectivity index (χ1) is 7.79. The smallest absolute Gasteiger partial charge is 0.123 e. The molecule has 1 fully saturated rings. The molecule has 1 aromatic rings. The van der Waals surface area contributed by atoms with Crippen LogP contribution in [0.3, 0.4) is 0 Å². The van der Waals surface area contributed by atoms with Crippen LogP contribution in [0.2, 0.25) is 0 Å². The van der Waals surface area contributed by atoms with E-state index in [1.807, 2.05) is 0 Å². The van der Waals surface area contributed by atoms with Crippen molar-refractivity contribution in [1.82, 2.24) is 5.32 Å². The van der Waals surface area contributed by atoms with E-state index in [4.69, 9.17) is 4.74 Å². The summed E-state index contributed by atoms with van der Waals surface area (Å²) in [5, 5.41) is 3.54. The highest BCUT2D eigenvalue weighted by Crippen LogP contribution is 2.23. The van der Waals surface area contributed by atoms with Gasteiger partial charge in [0.2, 0.25) is 0 Å². The van der Waals surface area contributed by atoms with Crippen LogP contribution in [0.25, 0.3) is 0 Å². The lowest BCUT2D eigenvalue weighted by Gasteiger charge is -2.12. The van der Waals surface area contributed by atoms with Gasteiger partial charge < -0.3 is 10.1 Å². The first-order valence-corrected chi connectivity index (χ1v) is 6.25. The molecule has 0 spiro atoms. The van der Waals surface area contributed by atoms with Crippen LogP contribution in [0.5, 0.6) is 5.75 Å². The van der Waals surface area contributed by atoms with Crippen LogP contribution in [0, 0.1) is 6.92 Å². The highest BCUT2D eigenvalue weighted by molar-refractivity contribution is 5.36. The predicted molar refractivity (Wildman–Crippen MR) is 66.8 cm³/mol. The van der Waals surface area contributed by atoms with E-state index in [-0.39, 0.29) is 0 Å². The van der Waals surface area contributed by atoms with Gasteiger partial charge in [0.25, 0.3) is 0 Å². The van der Waals surface area contributed by atoms with Gasteiger partial charge in [0, 0.05) is 18.2 Å². The molecule has 0 atom stereocenters. The average molecular weight is 219 g/mol. The number of hydrogen-bond acceptors (Lipinski definition) is 2. The van der Waals surface area contributed by atoms with E-state index in [9.17, 15) is 0 Å². The van der Waals surface area contributed by atoms with Crippen LogP contribution in [-0.4, -0.2) is 12.6 Å². The Morgan fingerprint density at radius 1 is 1.38 bits per heavy atom. The number of benzene rings is 1. The Balaban J connectivity index is 2.01.